The lowest BCUT2D eigenvalue weighted by Gasteiger charge is -2.32. The van der Waals surface area contributed by atoms with Gasteiger partial charge >= 0.3 is 0 Å². The quantitative estimate of drug-likeness (QED) is 0.157. The summed E-state index contributed by atoms with van der Waals surface area (Å²) < 4.78 is 395. The number of benzene rings is 8. The van der Waals surface area contributed by atoms with Gasteiger partial charge in [0.05, 0.1) is 55.3 Å². The van der Waals surface area contributed by atoms with Crippen LogP contribution in [0.15, 0.2) is 181 Å². The molecule has 0 heterocycles. The second-order valence-electron chi connectivity index (χ2n) is 12.6. The zero-order valence-electron chi connectivity index (χ0n) is 70.9. The molecular formula is C54H43NSi. The molecule has 8 aromatic rings. The summed E-state index contributed by atoms with van der Waals surface area (Å²) in [6, 6.07) is -40.1. The van der Waals surface area contributed by atoms with Crippen molar-refractivity contribution < 1.29 is 57.6 Å². The van der Waals surface area contributed by atoms with E-state index in [-0.39, 0.29) is 4.90 Å². The molecule has 0 bridgehead atoms. The largest absolute Gasteiger partial charge is 0.310 e. The molecule has 0 fully saturated rings. The smallest absolute Gasteiger partial charge is 0.0726 e. The monoisotopic (exact) mass is 777 g/mol. The fourth-order valence-corrected chi connectivity index (χ4v) is 7.77. The predicted molar refractivity (Wildman–Crippen MR) is 239 cm³/mol. The molecule has 0 radical (unpaired) electrons. The Morgan fingerprint density at radius 3 is 1.36 bits per heavy atom. The van der Waals surface area contributed by atoms with E-state index < -0.39 is 328 Å². The molecule has 56 heavy (non-hydrogen) atoms. The van der Waals surface area contributed by atoms with Crippen LogP contribution in [0.3, 0.4) is 0 Å². The Bertz CT molecular complexity index is 4930. The number of fused-ring (bicyclic) bond motifs is 13. The lowest BCUT2D eigenvalue weighted by molar-refractivity contribution is 0.660. The molecule has 3 aliphatic carbocycles. The molecule has 0 aliphatic heterocycles. The number of rotatable bonds is 5. The Hall–Kier alpha value is -6.22. The maximum atomic E-state index is 10.8. The molecule has 11 rings (SSSR count). The van der Waals surface area contributed by atoms with Crippen molar-refractivity contribution in [2.45, 2.75) is 37.5 Å². The van der Waals surface area contributed by atoms with Gasteiger partial charge in [0.15, 0.2) is 0 Å². The molecule has 0 amide bonds. The SMILES string of the molecule is [2H]c1c([2H])c([2H])c2c(c1[2H])-c1c([2H])c([2H])c([2H])c([2H])c1C21c2c([2H])c([2H])c([2H])c([2H])c2-c2c([2H])c([2H])c(N(c3c([2H])c([2H])c(-c4c([2H])c([2H])c([Si]([2H])(C([2H])([2H])[2H])C([2H])([2H])[2H])c([2H])c4[2H])c([2H])c3[2H])c3c([2H])c([2H])c4c(c3[2H])C(C([2H])([2H])[2H])(C([2H])([2H])[2H])c3c([2H])c([2H])c([2H])c([2H])c3-4)c([2H])c21. The normalized spacial score (nSPS) is 26.5. The first kappa shape index (κ1) is 11.2. The van der Waals surface area contributed by atoms with Crippen LogP contribution in [0.5, 0.6) is 0 Å². The second kappa shape index (κ2) is 12.1. The summed E-state index contributed by atoms with van der Waals surface area (Å²) in [5.74, 6) is 0. The lowest BCUT2D eigenvalue weighted by Crippen LogP contribution is -2.26. The van der Waals surface area contributed by atoms with E-state index in [2.05, 4.69) is 0 Å². The molecule has 0 saturated carbocycles. The third-order valence-corrected chi connectivity index (χ3v) is 10.5. The van der Waals surface area contributed by atoms with E-state index in [0.29, 0.717) is 0 Å². The zero-order valence-corrected chi connectivity index (χ0v) is 28.9. The standard InChI is InChI=1S/C54H43NSi/c1-53(2)47-17-9-5-13-41(47)45-31-27-38(33-51(45)53)55(37-25-21-35(22-26-37)36-23-29-40(30-24-36)56(3)4)39-28-32-46-44-16-8-12-20-50(44)54(52(46)34-39)48-18-10-6-14-42(48)43-15-7-11-19-49(43)54/h5-34,56H,1-4H3/i1D3,2D3,3D3,4D3,5D,6D,7D,8D,9D,10D,11D,12D,13D,14D,15D,16D,17D,18D,19D,20D,21D,22D,23D,24D,25D,26D,27D,28D,29D,30D,31D,32D,33D,34D,56D. The summed E-state index contributed by atoms with van der Waals surface area (Å²) in [6.45, 7) is -16.0. The van der Waals surface area contributed by atoms with E-state index in [1.165, 1.54) is 0 Å². The molecule has 2 heteroatoms. The summed E-state index contributed by atoms with van der Waals surface area (Å²) in [6.07, 6.45) is 0. The highest BCUT2D eigenvalue weighted by Gasteiger charge is 2.51. The minimum Gasteiger partial charge on any atom is -0.310 e. The van der Waals surface area contributed by atoms with Crippen molar-refractivity contribution in [3.8, 4) is 44.5 Å². The van der Waals surface area contributed by atoms with Crippen molar-refractivity contribution in [1.29, 1.82) is 1.23 Å². The zero-order chi connectivity index (χ0) is 74.8. The van der Waals surface area contributed by atoms with Crippen molar-refractivity contribution in [2.24, 2.45) is 0 Å². The van der Waals surface area contributed by atoms with Crippen molar-refractivity contribution in [3.63, 3.8) is 0 Å². The van der Waals surface area contributed by atoms with Crippen LogP contribution in [0.2, 0.25) is 13.0 Å². The first-order chi connectivity index (χ1) is 45.2. The van der Waals surface area contributed by atoms with Gasteiger partial charge in [0.25, 0.3) is 0 Å². The van der Waals surface area contributed by atoms with Crippen LogP contribution >= 0.6 is 0 Å². The highest BCUT2D eigenvalue weighted by molar-refractivity contribution is 6.70. The molecule has 8 aromatic carbocycles. The maximum absolute atomic E-state index is 10.8. The Kier molecular flexibility index (Phi) is 2.43. The minimum absolute atomic E-state index is 0.0341. The number of anilines is 3. The molecular weight excluding hydrogens is 691 g/mol. The summed E-state index contributed by atoms with van der Waals surface area (Å²) in [7, 11) is -6.04. The van der Waals surface area contributed by atoms with E-state index in [1.54, 1.807) is 0 Å². The molecule has 3 aliphatic rings. The number of hydrogen-bond donors (Lipinski definition) is 0. The first-order valence-electron chi connectivity index (χ1n) is 37.9. The van der Waals surface area contributed by atoms with E-state index in [1.807, 2.05) is 0 Å². The molecule has 0 unspecified atom stereocenters. The van der Waals surface area contributed by atoms with Gasteiger partial charge in [-0.3, -0.25) is 0 Å². The van der Waals surface area contributed by atoms with Crippen LogP contribution in [0.4, 0.5) is 17.1 Å². The second-order valence-corrected chi connectivity index (χ2v) is 13.9. The Labute approximate surface area is 392 Å². The van der Waals surface area contributed by atoms with Crippen molar-refractivity contribution in [3.05, 3.63) is 215 Å². The van der Waals surface area contributed by atoms with Crippen LogP contribution in [0.1, 0.15) is 105 Å². The van der Waals surface area contributed by atoms with Gasteiger partial charge < -0.3 is 4.90 Å². The van der Waals surface area contributed by atoms with Gasteiger partial charge in [-0.1, -0.05) is 177 Å². The summed E-state index contributed by atoms with van der Waals surface area (Å²) in [4.78, 5) is 0.0341. The average molecular weight is 777 g/mol. The highest BCUT2D eigenvalue weighted by atomic mass is 28.3. The van der Waals surface area contributed by atoms with Gasteiger partial charge in [0, 0.05) is 40.2 Å². The maximum Gasteiger partial charge on any atom is 0.0726 e. The fourth-order valence-electron chi connectivity index (χ4n) is 7.39. The van der Waals surface area contributed by atoms with Crippen LogP contribution in [0.25, 0.3) is 44.5 Å². The number of nitrogens with zero attached hydrogens (tertiary/aromatic N) is 1. The Balaban J connectivity index is 1.43. The van der Waals surface area contributed by atoms with E-state index in [4.69, 9.17) is 36.9 Å². The predicted octanol–water partition coefficient (Wildman–Crippen LogP) is 13.2. The lowest BCUT2D eigenvalue weighted by atomic mass is 9.70. The molecule has 1 nitrogen and oxygen atoms in total. The molecule has 268 valence electrons. The molecule has 0 aromatic heterocycles. The van der Waals surface area contributed by atoms with E-state index in [9.17, 15) is 21.9 Å². The third kappa shape index (κ3) is 4.54. The minimum atomic E-state index is -6.04. The van der Waals surface area contributed by atoms with Crippen molar-refractivity contribution >= 4 is 31.0 Å². The van der Waals surface area contributed by atoms with Gasteiger partial charge in [0.2, 0.25) is 0 Å². The fraction of sp³-hybridized carbons (Fsp3) is 0.111. The topological polar surface area (TPSA) is 3.24 Å². The molecule has 0 N–H and O–H groups in total. The summed E-state index contributed by atoms with van der Waals surface area (Å²) in [5, 5.41) is -1.42. The van der Waals surface area contributed by atoms with Gasteiger partial charge in [-0.05, 0) is 114 Å². The third-order valence-electron chi connectivity index (χ3n) is 9.76. The van der Waals surface area contributed by atoms with Crippen LogP contribution in [0, 0.1) is 0 Å². The average Bonchev–Trinajstić information content (AvgIpc) is 1.49. The van der Waals surface area contributed by atoms with Crippen LogP contribution in [-0.2, 0) is 10.8 Å². The van der Waals surface area contributed by atoms with Gasteiger partial charge in [-0.15, -0.1) is 0 Å². The van der Waals surface area contributed by atoms with Gasteiger partial charge in [0.1, 0.15) is 0 Å². The molecule has 0 atom stereocenters. The highest BCUT2D eigenvalue weighted by Crippen LogP contribution is 2.63. The Morgan fingerprint density at radius 2 is 0.839 bits per heavy atom. The van der Waals surface area contributed by atoms with E-state index >= 15 is 0 Å². The Morgan fingerprint density at radius 1 is 0.429 bits per heavy atom. The van der Waals surface area contributed by atoms with E-state index in [0.717, 1.165) is 0 Å². The van der Waals surface area contributed by atoms with Gasteiger partial charge in [-0.25, -0.2) is 0 Å². The first-order valence-corrected chi connectivity index (χ1v) is 17.9. The van der Waals surface area contributed by atoms with Crippen molar-refractivity contribution in [1.82, 2.24) is 0 Å². The summed E-state index contributed by atoms with van der Waals surface area (Å²) >= 11 is 0. The summed E-state index contributed by atoms with van der Waals surface area (Å²) in [5.41, 5.74) is -26.6. The van der Waals surface area contributed by atoms with Crippen LogP contribution in [-0.4, -0.2) is 9.96 Å². The van der Waals surface area contributed by atoms with Gasteiger partial charge in [-0.2, -0.15) is 0 Å². The van der Waals surface area contributed by atoms with Crippen LogP contribution < -0.4 is 10.1 Å². The van der Waals surface area contributed by atoms with Crippen molar-refractivity contribution in [2.75, 3.05) is 4.90 Å². The molecule has 1 spiro atoms. The number of hydrogen-bond acceptors (Lipinski definition) is 1. The molecule has 0 saturated heterocycles.